The van der Waals surface area contributed by atoms with Gasteiger partial charge in [-0.2, -0.15) is 0 Å². The van der Waals surface area contributed by atoms with Crippen LogP contribution in [-0.4, -0.2) is 34.9 Å². The van der Waals surface area contributed by atoms with Gasteiger partial charge >= 0.3 is 11.9 Å². The molecule has 0 bridgehead atoms. The van der Waals surface area contributed by atoms with E-state index < -0.39 is 18.0 Å². The fourth-order valence-electron chi connectivity index (χ4n) is 10.6. The summed E-state index contributed by atoms with van der Waals surface area (Å²) in [6.07, 6.45) is 11.5. The van der Waals surface area contributed by atoms with Crippen molar-refractivity contribution in [1.29, 1.82) is 0 Å². The summed E-state index contributed by atoms with van der Waals surface area (Å²) >= 11 is 0. The van der Waals surface area contributed by atoms with Crippen LogP contribution in [0.5, 0.6) is 0 Å². The largest absolute Gasteiger partial charge is 0.393 e. The van der Waals surface area contributed by atoms with Crippen molar-refractivity contribution in [3.05, 3.63) is 0 Å². The average Bonchev–Trinajstić information content (AvgIpc) is 3.34. The highest BCUT2D eigenvalue weighted by Gasteiger charge is 2.78. The van der Waals surface area contributed by atoms with Crippen molar-refractivity contribution < 1.29 is 24.2 Å². The summed E-state index contributed by atoms with van der Waals surface area (Å²) < 4.78 is 11.5. The summed E-state index contributed by atoms with van der Waals surface area (Å²) in [5.74, 6) is 3.23. The Labute approximate surface area is 218 Å². The zero-order chi connectivity index (χ0) is 26.0. The molecule has 5 nitrogen and oxygen atoms in total. The number of hydrogen-bond donors (Lipinski definition) is 1. The average molecular weight is 503 g/mol. The van der Waals surface area contributed by atoms with Gasteiger partial charge in [0.1, 0.15) is 5.60 Å². The van der Waals surface area contributed by atoms with Crippen LogP contribution in [0.3, 0.4) is 0 Å². The molecule has 1 N–H and O–H groups in total. The molecule has 4 aliphatic carbocycles. The van der Waals surface area contributed by atoms with Crippen LogP contribution in [-0.2, 0) is 19.1 Å². The lowest BCUT2D eigenvalue weighted by Crippen LogP contribution is -2.62. The first-order chi connectivity index (χ1) is 16.9. The predicted molar refractivity (Wildman–Crippen MR) is 139 cm³/mol. The molecule has 1 heterocycles. The van der Waals surface area contributed by atoms with E-state index in [1.807, 2.05) is 0 Å². The van der Waals surface area contributed by atoms with Crippen LogP contribution in [0.25, 0.3) is 0 Å². The number of esters is 2. The molecule has 36 heavy (non-hydrogen) atoms. The standard InChI is InChI=1S/C31H50O5/c1-18(2)8-7-9-19(3)24-10-11-25-23-16-27-31(36-27)17-22(33)14-21(15-28(34)35-20(4)32)30(31,6)26(23)12-13-29(24,25)5/h18-19,21-27,33H,7-17H2,1-6H3/t19-,21?,22+,23+,24-,25+,26+,27?,29-,30-,31?/m1/s1. The van der Waals surface area contributed by atoms with E-state index in [-0.39, 0.29) is 29.5 Å². The molecule has 5 aliphatic rings. The van der Waals surface area contributed by atoms with Crippen LogP contribution in [0.2, 0.25) is 0 Å². The topological polar surface area (TPSA) is 76.1 Å². The minimum absolute atomic E-state index is 0.0117. The number of fused-ring (bicyclic) bond motifs is 4. The van der Waals surface area contributed by atoms with Gasteiger partial charge < -0.3 is 14.6 Å². The number of carbonyl (C=O) groups is 2. The lowest BCUT2D eigenvalue weighted by Gasteiger charge is -2.61. The van der Waals surface area contributed by atoms with Crippen molar-refractivity contribution in [2.75, 3.05) is 0 Å². The number of epoxide rings is 1. The maximum Gasteiger partial charge on any atom is 0.313 e. The lowest BCUT2D eigenvalue weighted by atomic mass is 9.41. The Balaban J connectivity index is 1.37. The van der Waals surface area contributed by atoms with Gasteiger partial charge in [-0.25, -0.2) is 0 Å². The van der Waals surface area contributed by atoms with Gasteiger partial charge in [-0.1, -0.05) is 53.9 Å². The van der Waals surface area contributed by atoms with E-state index in [1.54, 1.807) is 0 Å². The third-order valence-corrected chi connectivity index (χ3v) is 12.2. The van der Waals surface area contributed by atoms with Gasteiger partial charge in [-0.05, 0) is 85.4 Å². The third-order valence-electron chi connectivity index (χ3n) is 12.2. The molecule has 3 unspecified atom stereocenters. The van der Waals surface area contributed by atoms with Gasteiger partial charge in [0.2, 0.25) is 0 Å². The first kappa shape index (κ1) is 26.7. The molecule has 4 saturated carbocycles. The molecule has 1 spiro atoms. The van der Waals surface area contributed by atoms with Crippen molar-refractivity contribution in [2.45, 2.75) is 130 Å². The third kappa shape index (κ3) is 4.10. The summed E-state index contributed by atoms with van der Waals surface area (Å²) in [5.41, 5.74) is -0.0539. The fourth-order valence-corrected chi connectivity index (χ4v) is 10.6. The Morgan fingerprint density at radius 1 is 1.06 bits per heavy atom. The molecular weight excluding hydrogens is 452 g/mol. The highest BCUT2D eigenvalue weighted by Crippen LogP contribution is 2.75. The molecule has 0 aromatic rings. The summed E-state index contributed by atoms with van der Waals surface area (Å²) in [5, 5.41) is 10.8. The number of aliphatic hydroxyl groups is 1. The van der Waals surface area contributed by atoms with Crippen molar-refractivity contribution in [1.82, 2.24) is 0 Å². The van der Waals surface area contributed by atoms with Crippen molar-refractivity contribution in [3.63, 3.8) is 0 Å². The zero-order valence-corrected chi connectivity index (χ0v) is 23.6. The molecular formula is C31H50O5. The molecule has 5 fully saturated rings. The zero-order valence-electron chi connectivity index (χ0n) is 23.6. The van der Waals surface area contributed by atoms with Crippen LogP contribution in [0.4, 0.5) is 0 Å². The Kier molecular flexibility index (Phi) is 6.93. The van der Waals surface area contributed by atoms with Gasteiger partial charge in [-0.3, -0.25) is 9.59 Å². The molecule has 0 radical (unpaired) electrons. The van der Waals surface area contributed by atoms with E-state index in [0.717, 1.165) is 30.1 Å². The maximum atomic E-state index is 12.6. The molecule has 11 atom stereocenters. The van der Waals surface area contributed by atoms with Crippen LogP contribution in [0, 0.1) is 52.3 Å². The van der Waals surface area contributed by atoms with E-state index in [0.29, 0.717) is 30.1 Å². The first-order valence-electron chi connectivity index (χ1n) is 15.0. The minimum Gasteiger partial charge on any atom is -0.393 e. The van der Waals surface area contributed by atoms with Crippen molar-refractivity contribution in [2.24, 2.45) is 52.3 Å². The van der Waals surface area contributed by atoms with Crippen LogP contribution in [0.1, 0.15) is 112 Å². The van der Waals surface area contributed by atoms with Crippen molar-refractivity contribution in [3.8, 4) is 0 Å². The van der Waals surface area contributed by atoms with Crippen LogP contribution < -0.4 is 0 Å². The number of hydrogen-bond acceptors (Lipinski definition) is 5. The van der Waals surface area contributed by atoms with Crippen LogP contribution in [0.15, 0.2) is 0 Å². The van der Waals surface area contributed by atoms with E-state index >= 15 is 0 Å². The monoisotopic (exact) mass is 502 g/mol. The number of aliphatic hydroxyl groups excluding tert-OH is 1. The maximum absolute atomic E-state index is 12.6. The summed E-state index contributed by atoms with van der Waals surface area (Å²) in [4.78, 5) is 24.1. The summed E-state index contributed by atoms with van der Waals surface area (Å²) in [7, 11) is 0. The molecule has 1 saturated heterocycles. The minimum atomic E-state index is -0.550. The lowest BCUT2D eigenvalue weighted by molar-refractivity contribution is -0.169. The Morgan fingerprint density at radius 2 is 1.81 bits per heavy atom. The Hall–Kier alpha value is -0.940. The molecule has 5 rings (SSSR count). The smallest absolute Gasteiger partial charge is 0.313 e. The fraction of sp³-hybridized carbons (Fsp3) is 0.935. The molecule has 1 aliphatic heterocycles. The predicted octanol–water partition coefficient (Wildman–Crippen LogP) is 6.31. The van der Waals surface area contributed by atoms with Gasteiger partial charge in [0.25, 0.3) is 0 Å². The normalized spacial score (nSPS) is 47.8. The summed E-state index contributed by atoms with van der Waals surface area (Å²) in [6.45, 7) is 13.4. The second-order valence-electron chi connectivity index (χ2n) is 14.4. The highest BCUT2D eigenvalue weighted by molar-refractivity contribution is 5.84. The quantitative estimate of drug-likeness (QED) is 0.251. The molecule has 0 aromatic carbocycles. The highest BCUT2D eigenvalue weighted by atomic mass is 16.6. The van der Waals surface area contributed by atoms with E-state index in [1.165, 1.54) is 51.9 Å². The number of rotatable bonds is 7. The van der Waals surface area contributed by atoms with Crippen molar-refractivity contribution >= 4 is 11.9 Å². The number of carbonyl (C=O) groups excluding carboxylic acids is 2. The van der Waals surface area contributed by atoms with E-state index in [9.17, 15) is 14.7 Å². The van der Waals surface area contributed by atoms with E-state index in [2.05, 4.69) is 34.6 Å². The van der Waals surface area contributed by atoms with Gasteiger partial charge in [0.15, 0.2) is 0 Å². The second kappa shape index (κ2) is 9.36. The van der Waals surface area contributed by atoms with Gasteiger partial charge in [0.05, 0.1) is 12.2 Å². The Morgan fingerprint density at radius 3 is 2.50 bits per heavy atom. The Bertz CT molecular complexity index is 869. The molecule has 5 heteroatoms. The molecule has 0 aromatic heterocycles. The van der Waals surface area contributed by atoms with Gasteiger partial charge in [0, 0.05) is 25.2 Å². The second-order valence-corrected chi connectivity index (χ2v) is 14.4. The molecule has 0 amide bonds. The van der Waals surface area contributed by atoms with Gasteiger partial charge in [-0.15, -0.1) is 0 Å². The molecule has 204 valence electrons. The number of ether oxygens (including phenoxy) is 2. The summed E-state index contributed by atoms with van der Waals surface area (Å²) in [6, 6.07) is 0. The van der Waals surface area contributed by atoms with Crippen LogP contribution >= 0.6 is 0 Å². The first-order valence-corrected chi connectivity index (χ1v) is 15.0. The SMILES string of the molecule is CC(=O)OC(=O)CC1C[C@H](O)CC23OC2C[C@H]2[C@@H]4CC[C@H]([C@H](C)CCCC(C)C)[C@@]4(C)CC[C@@H]2[C@@]13C. The van der Waals surface area contributed by atoms with E-state index in [4.69, 9.17) is 9.47 Å².